The lowest BCUT2D eigenvalue weighted by Gasteiger charge is -2.05. The van der Waals surface area contributed by atoms with E-state index >= 15 is 0 Å². The van der Waals surface area contributed by atoms with Crippen LogP contribution in [0, 0.1) is 0 Å². The monoisotopic (exact) mass is 212 g/mol. The number of rotatable bonds is 4. The van der Waals surface area contributed by atoms with Crippen LogP contribution in [-0.2, 0) is 10.1 Å². The van der Waals surface area contributed by atoms with Crippen molar-refractivity contribution in [3.63, 3.8) is 0 Å². The molecule has 0 bridgehead atoms. The van der Waals surface area contributed by atoms with Gasteiger partial charge in [0.15, 0.2) is 0 Å². The topological polar surface area (TPSA) is 94.8 Å². The molecule has 0 aliphatic rings. The fourth-order valence-electron chi connectivity index (χ4n) is 0.434. The first kappa shape index (κ1) is 15.1. The largest absolute Gasteiger partial charge is 0.395 e. The lowest BCUT2D eigenvalue weighted by Crippen LogP contribution is -2.23. The highest BCUT2D eigenvalue weighted by Crippen LogP contribution is 2.00. The smallest absolute Gasteiger partial charge is 0.270 e. The molecule has 0 aromatic rings. The Balaban J connectivity index is 0. The molecule has 0 heterocycles. The second-order valence-electron chi connectivity index (χ2n) is 2.20. The zero-order valence-corrected chi connectivity index (χ0v) is 8.37. The van der Waals surface area contributed by atoms with Gasteiger partial charge in [-0.25, -0.2) is 0 Å². The van der Waals surface area contributed by atoms with Gasteiger partial charge < -0.3 is 10.2 Å². The van der Waals surface area contributed by atoms with Crippen LogP contribution in [0.5, 0.6) is 0 Å². The molecule has 0 aliphatic carbocycles. The van der Waals surface area contributed by atoms with E-state index in [9.17, 15) is 8.42 Å². The first-order valence-electron chi connectivity index (χ1n) is 3.72. The van der Waals surface area contributed by atoms with Gasteiger partial charge in [-0.05, 0) is 6.42 Å². The van der Waals surface area contributed by atoms with Gasteiger partial charge in [-0.2, -0.15) is 8.42 Å². The van der Waals surface area contributed by atoms with Crippen molar-refractivity contribution in [3.8, 4) is 0 Å². The van der Waals surface area contributed by atoms with Crippen molar-refractivity contribution in [2.75, 3.05) is 13.2 Å². The Hall–Kier alpha value is -0.430. The third kappa shape index (κ3) is 9.48. The summed E-state index contributed by atoms with van der Waals surface area (Å²) in [6.45, 7) is 4.37. The number of hydrogen-bond donors (Lipinski definition) is 3. The van der Waals surface area contributed by atoms with Crippen LogP contribution < -0.4 is 0 Å². The second-order valence-corrected chi connectivity index (χ2v) is 3.90. The van der Waals surface area contributed by atoms with Gasteiger partial charge in [0.1, 0.15) is 5.25 Å². The number of aliphatic hydroxyl groups excluding tert-OH is 2. The Labute approximate surface area is 78.5 Å². The summed E-state index contributed by atoms with van der Waals surface area (Å²) in [5.74, 6) is 0. The van der Waals surface area contributed by atoms with Gasteiger partial charge >= 0.3 is 0 Å². The first-order chi connectivity index (χ1) is 5.93. The van der Waals surface area contributed by atoms with Crippen molar-refractivity contribution < 1.29 is 23.2 Å². The van der Waals surface area contributed by atoms with Crippen LogP contribution in [0.25, 0.3) is 0 Å². The maximum atomic E-state index is 10.2. The van der Waals surface area contributed by atoms with Gasteiger partial charge in [0, 0.05) is 0 Å². The second kappa shape index (κ2) is 8.18. The van der Waals surface area contributed by atoms with Crippen molar-refractivity contribution in [1.82, 2.24) is 0 Å². The molecule has 0 radical (unpaired) electrons. The molecule has 0 rings (SSSR count). The van der Waals surface area contributed by atoms with Crippen LogP contribution in [0.4, 0.5) is 0 Å². The average molecular weight is 212 g/mol. The van der Waals surface area contributed by atoms with Crippen LogP contribution >= 0.6 is 0 Å². The molecule has 1 atom stereocenters. The molecule has 0 saturated carbocycles. The van der Waals surface area contributed by atoms with Gasteiger partial charge in [0.05, 0.1) is 13.2 Å². The van der Waals surface area contributed by atoms with E-state index in [-0.39, 0.29) is 13.0 Å². The van der Waals surface area contributed by atoms with E-state index in [1.165, 1.54) is 6.08 Å². The summed E-state index contributed by atoms with van der Waals surface area (Å²) in [7, 11) is -4.02. The van der Waals surface area contributed by atoms with E-state index in [1.54, 1.807) is 6.92 Å². The van der Waals surface area contributed by atoms with E-state index < -0.39 is 22.0 Å². The maximum Gasteiger partial charge on any atom is 0.270 e. The normalized spacial score (nSPS) is 12.6. The average Bonchev–Trinajstić information content (AvgIpc) is 2.05. The molecule has 0 aromatic carbocycles. The van der Waals surface area contributed by atoms with E-state index in [0.717, 1.165) is 0 Å². The molecule has 0 aliphatic heterocycles. The predicted octanol–water partition coefficient (Wildman–Crippen LogP) is -0.190. The van der Waals surface area contributed by atoms with Crippen molar-refractivity contribution in [2.45, 2.75) is 18.6 Å². The van der Waals surface area contributed by atoms with Gasteiger partial charge in [0.25, 0.3) is 10.1 Å². The molecule has 1 unspecified atom stereocenters. The summed E-state index contributed by atoms with van der Waals surface area (Å²) in [6.07, 6.45) is 1.66. The van der Waals surface area contributed by atoms with E-state index in [0.29, 0.717) is 0 Å². The molecule has 0 saturated heterocycles. The van der Waals surface area contributed by atoms with Crippen LogP contribution in [0.15, 0.2) is 12.7 Å². The Morgan fingerprint density at radius 1 is 1.46 bits per heavy atom. The molecule has 5 nitrogen and oxygen atoms in total. The lowest BCUT2D eigenvalue weighted by molar-refractivity contribution is 0.281. The Bertz CT molecular complexity index is 205. The zero-order chi connectivity index (χ0) is 10.9. The quantitative estimate of drug-likeness (QED) is 0.443. The zero-order valence-electron chi connectivity index (χ0n) is 7.55. The Morgan fingerprint density at radius 3 is 1.85 bits per heavy atom. The van der Waals surface area contributed by atoms with Gasteiger partial charge in [0.2, 0.25) is 0 Å². The molecule has 0 amide bonds. The summed E-state index contributed by atoms with van der Waals surface area (Å²) in [5.41, 5.74) is 0. The van der Waals surface area contributed by atoms with Gasteiger partial charge in [-0.1, -0.05) is 13.0 Å². The SMILES string of the molecule is C=CCO.CCC(CO)S(=O)(=O)O. The summed E-state index contributed by atoms with van der Waals surface area (Å²) in [6, 6.07) is 0. The number of hydrogen-bond acceptors (Lipinski definition) is 4. The van der Waals surface area contributed by atoms with E-state index in [4.69, 9.17) is 14.8 Å². The van der Waals surface area contributed by atoms with E-state index in [2.05, 4.69) is 6.58 Å². The lowest BCUT2D eigenvalue weighted by atomic mass is 10.3. The fourth-order valence-corrected chi connectivity index (χ4v) is 1.04. The summed E-state index contributed by atoms with van der Waals surface area (Å²) < 4.78 is 28.7. The molecule has 0 aromatic heterocycles. The molecular weight excluding hydrogens is 196 g/mol. The Morgan fingerprint density at radius 2 is 1.85 bits per heavy atom. The van der Waals surface area contributed by atoms with Crippen molar-refractivity contribution in [3.05, 3.63) is 12.7 Å². The molecule has 80 valence electrons. The predicted molar refractivity (Wildman–Crippen MR) is 50.0 cm³/mol. The highest BCUT2D eigenvalue weighted by atomic mass is 32.2. The van der Waals surface area contributed by atoms with Crippen molar-refractivity contribution in [1.29, 1.82) is 0 Å². The minimum absolute atomic E-state index is 0.0833. The summed E-state index contributed by atoms with van der Waals surface area (Å²) in [4.78, 5) is 0. The summed E-state index contributed by atoms with van der Waals surface area (Å²) >= 11 is 0. The van der Waals surface area contributed by atoms with Gasteiger partial charge in [-0.3, -0.25) is 4.55 Å². The van der Waals surface area contributed by atoms with Crippen LogP contribution in [0.3, 0.4) is 0 Å². The molecular formula is C7H16O5S. The highest BCUT2D eigenvalue weighted by molar-refractivity contribution is 7.86. The molecule has 6 heteroatoms. The van der Waals surface area contributed by atoms with Crippen LogP contribution in [0.2, 0.25) is 0 Å². The molecule has 13 heavy (non-hydrogen) atoms. The van der Waals surface area contributed by atoms with Crippen molar-refractivity contribution in [2.24, 2.45) is 0 Å². The third-order valence-corrected chi connectivity index (χ3v) is 2.53. The maximum absolute atomic E-state index is 10.2. The van der Waals surface area contributed by atoms with Crippen LogP contribution in [0.1, 0.15) is 13.3 Å². The Kier molecular flexibility index (Phi) is 9.48. The molecule has 3 N–H and O–H groups in total. The fraction of sp³-hybridized carbons (Fsp3) is 0.714. The highest BCUT2D eigenvalue weighted by Gasteiger charge is 2.18. The standard InChI is InChI=1S/C4H10O4S.C3H6O/c1-2-4(3-5)9(6,7)8;1-2-3-4/h4-5H,2-3H2,1H3,(H,6,7,8);2,4H,1,3H2. The van der Waals surface area contributed by atoms with Crippen molar-refractivity contribution >= 4 is 10.1 Å². The minimum atomic E-state index is -4.02. The third-order valence-electron chi connectivity index (χ3n) is 1.21. The minimum Gasteiger partial charge on any atom is -0.395 e. The molecule has 0 spiro atoms. The first-order valence-corrected chi connectivity index (χ1v) is 5.23. The molecule has 0 fully saturated rings. The number of aliphatic hydroxyl groups is 2. The summed E-state index contributed by atoms with van der Waals surface area (Å²) in [5, 5.41) is 15.1. The van der Waals surface area contributed by atoms with E-state index in [1.807, 2.05) is 0 Å². The van der Waals surface area contributed by atoms with Gasteiger partial charge in [-0.15, -0.1) is 6.58 Å². The van der Waals surface area contributed by atoms with Crippen LogP contribution in [-0.4, -0.2) is 41.6 Å².